The van der Waals surface area contributed by atoms with Crippen LogP contribution in [0.1, 0.15) is 26.9 Å². The largest absolute Gasteiger partial charge is 0.481 e. The number of ether oxygens (including phenoxy) is 1. The molecule has 14 heavy (non-hydrogen) atoms. The Morgan fingerprint density at radius 2 is 2.21 bits per heavy atom. The summed E-state index contributed by atoms with van der Waals surface area (Å²) in [4.78, 5) is 7.67. The second-order valence-electron chi connectivity index (χ2n) is 3.67. The van der Waals surface area contributed by atoms with Crippen molar-refractivity contribution in [3.8, 4) is 5.88 Å². The highest BCUT2D eigenvalue weighted by Gasteiger charge is 2.05. The molecule has 2 heterocycles. The molecule has 0 fully saturated rings. The molecule has 2 aromatic heterocycles. The van der Waals surface area contributed by atoms with Crippen LogP contribution in [0.4, 0.5) is 0 Å². The second-order valence-corrected chi connectivity index (χ2v) is 3.67. The van der Waals surface area contributed by atoms with Crippen LogP contribution in [0.3, 0.4) is 0 Å². The summed E-state index contributed by atoms with van der Waals surface area (Å²) in [6, 6.07) is 5.93. The molecule has 0 aliphatic rings. The van der Waals surface area contributed by atoms with Crippen LogP contribution < -0.4 is 4.74 Å². The molecular formula is C11H16N2O. The van der Waals surface area contributed by atoms with E-state index in [2.05, 4.69) is 29.9 Å². The van der Waals surface area contributed by atoms with Crippen molar-refractivity contribution in [3.63, 3.8) is 0 Å². The van der Waals surface area contributed by atoms with Crippen molar-refractivity contribution in [1.29, 1.82) is 0 Å². The molecule has 2 rings (SSSR count). The normalized spacial score (nSPS) is 11.1. The molecule has 3 heteroatoms. The predicted octanol–water partition coefficient (Wildman–Crippen LogP) is 2.94. The quantitative estimate of drug-likeness (QED) is 0.794. The number of nitrogens with zero attached hydrogens (tertiary/aromatic N) is 1. The lowest BCUT2D eigenvalue weighted by molar-refractivity contribution is 0.399. The third kappa shape index (κ3) is 1.45. The van der Waals surface area contributed by atoms with Gasteiger partial charge in [0, 0.05) is 13.2 Å². The Morgan fingerprint density at radius 1 is 1.43 bits per heavy atom. The fraction of sp³-hybridized carbons (Fsp3) is 0.364. The Labute approximate surface area is 84.6 Å². The van der Waals surface area contributed by atoms with Crippen LogP contribution in [0, 0.1) is 0 Å². The molecule has 0 aromatic carbocycles. The van der Waals surface area contributed by atoms with Gasteiger partial charge in [-0.25, -0.2) is 4.98 Å². The minimum Gasteiger partial charge on any atom is -0.481 e. The van der Waals surface area contributed by atoms with Gasteiger partial charge in [0.05, 0.1) is 18.1 Å². The summed E-state index contributed by atoms with van der Waals surface area (Å²) in [5.74, 6) is 1.15. The van der Waals surface area contributed by atoms with E-state index >= 15 is 0 Å². The van der Waals surface area contributed by atoms with Crippen LogP contribution in [-0.2, 0) is 0 Å². The summed E-state index contributed by atoms with van der Waals surface area (Å²) in [5, 5.41) is 0. The maximum atomic E-state index is 5.07. The van der Waals surface area contributed by atoms with Crippen LogP contribution in [0.15, 0.2) is 18.2 Å². The number of hydrogen-bond acceptors (Lipinski definition) is 2. The van der Waals surface area contributed by atoms with E-state index in [-0.39, 0.29) is 1.43 Å². The number of H-pyrrole nitrogens is 1. The lowest BCUT2D eigenvalue weighted by Gasteiger charge is -1.97. The van der Waals surface area contributed by atoms with Gasteiger partial charge in [0.15, 0.2) is 0 Å². The number of hydrogen-bond donors (Lipinski definition) is 1. The number of rotatable bonds is 2. The summed E-state index contributed by atoms with van der Waals surface area (Å²) < 4.78 is 5.07. The highest BCUT2D eigenvalue weighted by Crippen LogP contribution is 2.21. The summed E-state index contributed by atoms with van der Waals surface area (Å²) in [6.07, 6.45) is 0. The van der Waals surface area contributed by atoms with Crippen molar-refractivity contribution >= 4 is 11.0 Å². The van der Waals surface area contributed by atoms with Gasteiger partial charge < -0.3 is 9.72 Å². The zero-order valence-electron chi connectivity index (χ0n) is 8.66. The lowest BCUT2D eigenvalue weighted by atomic mass is 10.1. The van der Waals surface area contributed by atoms with Crippen molar-refractivity contribution < 1.29 is 6.16 Å². The number of pyridine rings is 1. The molecule has 3 nitrogen and oxygen atoms in total. The Morgan fingerprint density at radius 3 is 2.86 bits per heavy atom. The van der Waals surface area contributed by atoms with E-state index < -0.39 is 0 Å². The van der Waals surface area contributed by atoms with Gasteiger partial charge in [-0.1, -0.05) is 13.8 Å². The third-order valence-electron chi connectivity index (χ3n) is 2.30. The van der Waals surface area contributed by atoms with Crippen molar-refractivity contribution in [2.75, 3.05) is 7.11 Å². The Hall–Kier alpha value is -1.51. The molecule has 76 valence electrons. The van der Waals surface area contributed by atoms with Gasteiger partial charge in [-0.05, 0) is 18.1 Å². The van der Waals surface area contributed by atoms with Crippen molar-refractivity contribution in [2.45, 2.75) is 19.8 Å². The number of nitrogens with one attached hydrogen (secondary N) is 1. The maximum absolute atomic E-state index is 5.07. The van der Waals surface area contributed by atoms with E-state index in [1.54, 1.807) is 7.11 Å². The average Bonchev–Trinajstić information content (AvgIpc) is 2.59. The van der Waals surface area contributed by atoms with E-state index in [1.807, 2.05) is 12.1 Å². The summed E-state index contributed by atoms with van der Waals surface area (Å²) in [7, 11) is 1.63. The van der Waals surface area contributed by atoms with Crippen molar-refractivity contribution in [3.05, 3.63) is 23.9 Å². The first-order valence-electron chi connectivity index (χ1n) is 4.74. The SMILES string of the molecule is COc1ccc2[nH]c(C(C)C)cc2n1.[HH]. The topological polar surface area (TPSA) is 37.9 Å². The van der Waals surface area contributed by atoms with Gasteiger partial charge in [-0.15, -0.1) is 0 Å². The van der Waals surface area contributed by atoms with Gasteiger partial charge in [-0.2, -0.15) is 0 Å². The standard InChI is InChI=1S/C11H14N2O.H2/c1-7(2)9-6-10-8(12-9)4-5-11(13-10)14-3;/h4-7,12H,1-3H3;1H. The Balaban J connectivity index is 0.00000112. The van der Waals surface area contributed by atoms with Gasteiger partial charge in [0.2, 0.25) is 5.88 Å². The lowest BCUT2D eigenvalue weighted by Crippen LogP contribution is -1.85. The second kappa shape index (κ2) is 3.33. The van der Waals surface area contributed by atoms with Crippen molar-refractivity contribution in [2.24, 2.45) is 0 Å². The molecule has 0 unspecified atom stereocenters. The Kier molecular flexibility index (Phi) is 2.15. The van der Waals surface area contributed by atoms with Crippen LogP contribution in [0.25, 0.3) is 11.0 Å². The van der Waals surface area contributed by atoms with Crippen LogP contribution in [-0.4, -0.2) is 17.1 Å². The third-order valence-corrected chi connectivity index (χ3v) is 2.30. The zero-order valence-corrected chi connectivity index (χ0v) is 8.66. The summed E-state index contributed by atoms with van der Waals surface area (Å²) in [5.41, 5.74) is 3.24. The van der Waals surface area contributed by atoms with E-state index in [1.165, 1.54) is 5.69 Å². The first kappa shape index (κ1) is 9.06. The molecule has 0 atom stereocenters. The van der Waals surface area contributed by atoms with Gasteiger partial charge in [0.1, 0.15) is 0 Å². The molecule has 1 N–H and O–H groups in total. The van der Waals surface area contributed by atoms with Crippen LogP contribution in [0.5, 0.6) is 5.88 Å². The molecule has 0 aliphatic carbocycles. The van der Waals surface area contributed by atoms with Gasteiger partial charge >= 0.3 is 0 Å². The highest BCUT2D eigenvalue weighted by molar-refractivity contribution is 5.76. The molecule has 0 saturated heterocycles. The average molecular weight is 192 g/mol. The molecule has 2 aromatic rings. The minimum atomic E-state index is 0. The summed E-state index contributed by atoms with van der Waals surface area (Å²) in [6.45, 7) is 4.31. The van der Waals surface area contributed by atoms with Gasteiger partial charge in [0.25, 0.3) is 0 Å². The molecule has 0 radical (unpaired) electrons. The summed E-state index contributed by atoms with van der Waals surface area (Å²) >= 11 is 0. The Bertz CT molecular complexity index is 451. The number of aromatic amines is 1. The van der Waals surface area contributed by atoms with Crippen LogP contribution >= 0.6 is 0 Å². The van der Waals surface area contributed by atoms with E-state index in [0.29, 0.717) is 11.8 Å². The van der Waals surface area contributed by atoms with E-state index in [0.717, 1.165) is 11.0 Å². The van der Waals surface area contributed by atoms with Crippen molar-refractivity contribution in [1.82, 2.24) is 9.97 Å². The van der Waals surface area contributed by atoms with Gasteiger partial charge in [-0.3, -0.25) is 0 Å². The molecule has 0 aliphatic heterocycles. The smallest absolute Gasteiger partial charge is 0.213 e. The molecule has 0 saturated carbocycles. The predicted molar refractivity (Wildman–Crippen MR) is 58.8 cm³/mol. The monoisotopic (exact) mass is 192 g/mol. The number of methoxy groups -OCH3 is 1. The molecule has 0 spiro atoms. The number of fused-ring (bicyclic) bond motifs is 1. The minimum absolute atomic E-state index is 0. The molecule has 0 bridgehead atoms. The molecule has 0 amide bonds. The first-order valence-corrected chi connectivity index (χ1v) is 4.74. The maximum Gasteiger partial charge on any atom is 0.213 e. The van der Waals surface area contributed by atoms with E-state index in [4.69, 9.17) is 4.74 Å². The number of aromatic nitrogens is 2. The first-order chi connectivity index (χ1) is 6.70. The van der Waals surface area contributed by atoms with E-state index in [9.17, 15) is 0 Å². The highest BCUT2D eigenvalue weighted by atomic mass is 16.5. The fourth-order valence-corrected chi connectivity index (χ4v) is 1.44. The zero-order chi connectivity index (χ0) is 10.1. The van der Waals surface area contributed by atoms with Crippen LogP contribution in [0.2, 0.25) is 0 Å². The molecular weight excluding hydrogens is 176 g/mol. The fourth-order valence-electron chi connectivity index (χ4n) is 1.44.